The lowest BCUT2D eigenvalue weighted by Gasteiger charge is -2.27. The fourth-order valence-corrected chi connectivity index (χ4v) is 2.44. The second-order valence-electron chi connectivity index (χ2n) is 4.55. The van der Waals surface area contributed by atoms with Crippen molar-refractivity contribution in [3.05, 3.63) is 0 Å². The Balaban J connectivity index is 2.36. The number of carboxylic acids is 1. The lowest BCUT2D eigenvalue weighted by Crippen LogP contribution is -2.51. The number of hydrogen-bond acceptors (Lipinski definition) is 3. The van der Waals surface area contributed by atoms with E-state index in [-0.39, 0.29) is 0 Å². The first-order valence-corrected chi connectivity index (χ1v) is 6.35. The molecule has 0 aromatic rings. The van der Waals surface area contributed by atoms with Crippen molar-refractivity contribution in [3.63, 3.8) is 0 Å². The summed E-state index contributed by atoms with van der Waals surface area (Å²) in [5.74, 6) is -0.676. The molecule has 1 fully saturated rings. The maximum absolute atomic E-state index is 11.3. The molecule has 2 N–H and O–H groups in total. The normalized spacial score (nSPS) is 19.2. The Kier molecular flexibility index (Phi) is 5.22. The summed E-state index contributed by atoms with van der Waals surface area (Å²) in [5, 5.41) is 12.5. The van der Waals surface area contributed by atoms with Gasteiger partial charge in [-0.3, -0.25) is 4.79 Å². The number of rotatable bonds is 7. The molecule has 4 heteroatoms. The molecule has 0 radical (unpaired) electrons. The van der Waals surface area contributed by atoms with Gasteiger partial charge in [-0.1, -0.05) is 26.7 Å². The summed E-state index contributed by atoms with van der Waals surface area (Å²) in [6, 6.07) is 0. The van der Waals surface area contributed by atoms with Gasteiger partial charge < -0.3 is 15.3 Å². The summed E-state index contributed by atoms with van der Waals surface area (Å²) in [6.07, 6.45) is 3.62. The molecule has 0 aromatic heterocycles. The Morgan fingerprint density at radius 2 is 1.88 bits per heavy atom. The van der Waals surface area contributed by atoms with E-state index < -0.39 is 11.5 Å². The van der Waals surface area contributed by atoms with Crippen LogP contribution in [0.2, 0.25) is 0 Å². The van der Waals surface area contributed by atoms with Crippen molar-refractivity contribution in [2.45, 2.75) is 45.1 Å². The van der Waals surface area contributed by atoms with Crippen LogP contribution in [0.15, 0.2) is 0 Å². The number of carbonyl (C=O) groups is 1. The summed E-state index contributed by atoms with van der Waals surface area (Å²) in [6.45, 7) is 8.02. The largest absolute Gasteiger partial charge is 0.480 e. The van der Waals surface area contributed by atoms with Gasteiger partial charge >= 0.3 is 5.97 Å². The molecule has 0 bridgehead atoms. The minimum absolute atomic E-state index is 0.632. The summed E-state index contributed by atoms with van der Waals surface area (Å²) in [4.78, 5) is 13.6. The van der Waals surface area contributed by atoms with Crippen molar-refractivity contribution in [2.75, 3.05) is 26.2 Å². The Bertz CT molecular complexity index is 221. The van der Waals surface area contributed by atoms with Gasteiger partial charge in [-0.15, -0.1) is 0 Å². The van der Waals surface area contributed by atoms with Crippen LogP contribution in [0.25, 0.3) is 0 Å². The van der Waals surface area contributed by atoms with Crippen LogP contribution >= 0.6 is 0 Å². The van der Waals surface area contributed by atoms with Crippen LogP contribution in [-0.2, 0) is 4.79 Å². The molecule has 94 valence electrons. The monoisotopic (exact) mass is 228 g/mol. The molecular formula is C12H24N2O2. The first-order chi connectivity index (χ1) is 7.64. The molecule has 0 unspecified atom stereocenters. The standard InChI is InChI=1S/C12H24N2O2/c1-3-14(4-2)10-9-13-12(11(15)16)7-5-6-8-12/h13H,3-10H2,1-2H3,(H,15,16). The van der Waals surface area contributed by atoms with Crippen LogP contribution in [-0.4, -0.2) is 47.7 Å². The van der Waals surface area contributed by atoms with Crippen molar-refractivity contribution in [1.82, 2.24) is 10.2 Å². The Labute approximate surface area is 98.0 Å². The van der Waals surface area contributed by atoms with E-state index in [0.29, 0.717) is 0 Å². The van der Waals surface area contributed by atoms with Crippen molar-refractivity contribution in [1.29, 1.82) is 0 Å². The summed E-state index contributed by atoms with van der Waals surface area (Å²) < 4.78 is 0. The SMILES string of the molecule is CCN(CC)CCNC1(C(=O)O)CCCC1. The molecule has 0 amide bonds. The number of nitrogens with one attached hydrogen (secondary N) is 1. The lowest BCUT2D eigenvalue weighted by atomic mass is 9.98. The number of carboxylic acid groups (broad SMARTS) is 1. The number of nitrogens with zero attached hydrogens (tertiary/aromatic N) is 1. The summed E-state index contributed by atoms with van der Waals surface area (Å²) in [7, 11) is 0. The summed E-state index contributed by atoms with van der Waals surface area (Å²) in [5.41, 5.74) is -0.632. The molecule has 0 atom stereocenters. The minimum atomic E-state index is -0.676. The number of likely N-dealkylation sites (N-methyl/N-ethyl adjacent to an activating group) is 1. The molecule has 16 heavy (non-hydrogen) atoms. The number of hydrogen-bond donors (Lipinski definition) is 2. The molecule has 0 heterocycles. The molecule has 0 spiro atoms. The molecule has 1 rings (SSSR count). The lowest BCUT2D eigenvalue weighted by molar-refractivity contribution is -0.144. The van der Waals surface area contributed by atoms with Crippen molar-refractivity contribution < 1.29 is 9.90 Å². The Morgan fingerprint density at radius 1 is 1.31 bits per heavy atom. The fourth-order valence-electron chi connectivity index (χ4n) is 2.44. The topological polar surface area (TPSA) is 52.6 Å². The van der Waals surface area contributed by atoms with E-state index in [9.17, 15) is 9.90 Å². The van der Waals surface area contributed by atoms with Crippen LogP contribution in [0, 0.1) is 0 Å². The van der Waals surface area contributed by atoms with Gasteiger partial charge in [0.15, 0.2) is 0 Å². The van der Waals surface area contributed by atoms with Gasteiger partial charge in [-0.05, 0) is 25.9 Å². The van der Waals surface area contributed by atoms with Gasteiger partial charge in [0, 0.05) is 13.1 Å². The minimum Gasteiger partial charge on any atom is -0.480 e. The molecule has 4 nitrogen and oxygen atoms in total. The van der Waals surface area contributed by atoms with Crippen LogP contribution in [0.4, 0.5) is 0 Å². The van der Waals surface area contributed by atoms with E-state index in [0.717, 1.165) is 51.9 Å². The molecule has 1 saturated carbocycles. The summed E-state index contributed by atoms with van der Waals surface area (Å²) >= 11 is 0. The highest BCUT2D eigenvalue weighted by atomic mass is 16.4. The zero-order valence-corrected chi connectivity index (χ0v) is 10.5. The second kappa shape index (κ2) is 6.21. The third-order valence-electron chi connectivity index (χ3n) is 3.65. The highest BCUT2D eigenvalue weighted by Crippen LogP contribution is 2.29. The maximum Gasteiger partial charge on any atom is 0.323 e. The first kappa shape index (κ1) is 13.5. The third-order valence-corrected chi connectivity index (χ3v) is 3.65. The Morgan fingerprint density at radius 3 is 2.31 bits per heavy atom. The van der Waals surface area contributed by atoms with Crippen molar-refractivity contribution >= 4 is 5.97 Å². The first-order valence-electron chi connectivity index (χ1n) is 6.35. The van der Waals surface area contributed by atoms with Gasteiger partial charge in [0.25, 0.3) is 0 Å². The van der Waals surface area contributed by atoms with Gasteiger partial charge in [0.2, 0.25) is 0 Å². The highest BCUT2D eigenvalue weighted by molar-refractivity contribution is 5.79. The van der Waals surface area contributed by atoms with Gasteiger partial charge in [0.1, 0.15) is 5.54 Å². The fraction of sp³-hybridized carbons (Fsp3) is 0.917. The van der Waals surface area contributed by atoms with Crippen LogP contribution in [0.1, 0.15) is 39.5 Å². The van der Waals surface area contributed by atoms with Gasteiger partial charge in [-0.25, -0.2) is 0 Å². The molecule has 1 aliphatic carbocycles. The van der Waals surface area contributed by atoms with Crippen LogP contribution < -0.4 is 5.32 Å². The van der Waals surface area contributed by atoms with Gasteiger partial charge in [0.05, 0.1) is 0 Å². The smallest absolute Gasteiger partial charge is 0.323 e. The molecule has 0 aliphatic heterocycles. The van der Waals surface area contributed by atoms with Crippen molar-refractivity contribution in [2.24, 2.45) is 0 Å². The Hall–Kier alpha value is -0.610. The van der Waals surface area contributed by atoms with Crippen LogP contribution in [0.3, 0.4) is 0 Å². The third kappa shape index (κ3) is 3.19. The molecule has 1 aliphatic rings. The van der Waals surface area contributed by atoms with E-state index in [1.54, 1.807) is 0 Å². The van der Waals surface area contributed by atoms with E-state index in [1.165, 1.54) is 0 Å². The average molecular weight is 228 g/mol. The maximum atomic E-state index is 11.3. The van der Waals surface area contributed by atoms with Crippen LogP contribution in [0.5, 0.6) is 0 Å². The van der Waals surface area contributed by atoms with Crippen molar-refractivity contribution in [3.8, 4) is 0 Å². The highest BCUT2D eigenvalue weighted by Gasteiger charge is 2.40. The van der Waals surface area contributed by atoms with E-state index in [4.69, 9.17) is 0 Å². The molecule has 0 aromatic carbocycles. The zero-order valence-electron chi connectivity index (χ0n) is 10.5. The second-order valence-corrected chi connectivity index (χ2v) is 4.55. The van der Waals surface area contributed by atoms with Gasteiger partial charge in [-0.2, -0.15) is 0 Å². The number of aliphatic carboxylic acids is 1. The van der Waals surface area contributed by atoms with E-state index in [1.807, 2.05) is 0 Å². The average Bonchev–Trinajstić information content (AvgIpc) is 2.74. The van der Waals surface area contributed by atoms with E-state index >= 15 is 0 Å². The predicted molar refractivity (Wildman–Crippen MR) is 64.6 cm³/mol. The molecule has 0 saturated heterocycles. The predicted octanol–water partition coefficient (Wildman–Crippen LogP) is 1.32. The molecular weight excluding hydrogens is 204 g/mol. The zero-order chi connectivity index (χ0) is 12.0. The quantitative estimate of drug-likeness (QED) is 0.690. The van der Waals surface area contributed by atoms with E-state index in [2.05, 4.69) is 24.1 Å².